The van der Waals surface area contributed by atoms with Crippen LogP contribution in [0.2, 0.25) is 0 Å². The molecule has 4 rings (SSSR count). The lowest BCUT2D eigenvalue weighted by Gasteiger charge is -2.28. The molecule has 0 aliphatic heterocycles. The van der Waals surface area contributed by atoms with Crippen molar-refractivity contribution in [1.29, 1.82) is 0 Å². The molecule has 0 aromatic heterocycles. The predicted octanol–water partition coefficient (Wildman–Crippen LogP) is 4.58. The monoisotopic (exact) mass is 431 g/mol. The van der Waals surface area contributed by atoms with E-state index >= 15 is 0 Å². The Morgan fingerprint density at radius 2 is 0.933 bits per heavy atom. The van der Waals surface area contributed by atoms with E-state index in [9.17, 15) is 8.42 Å². The van der Waals surface area contributed by atoms with Gasteiger partial charge >= 0.3 is 0 Å². The average Bonchev–Trinajstić information content (AvgIpc) is 2.79. The maximum Gasteiger partial charge on any atom is 0.175 e. The first-order valence-electron chi connectivity index (χ1n) is 9.84. The van der Waals surface area contributed by atoms with Crippen LogP contribution in [0.1, 0.15) is 5.56 Å². The first-order valence-corrected chi connectivity index (χ1v) is 13.7. The normalized spacial score (nSPS) is 11.9. The molecule has 0 N–H and O–H groups in total. The van der Waals surface area contributed by atoms with Gasteiger partial charge in [-0.1, -0.05) is 66.7 Å². The highest BCUT2D eigenvalue weighted by molar-refractivity contribution is 7.95. The van der Waals surface area contributed by atoms with E-state index < -0.39 is 17.1 Å². The van der Waals surface area contributed by atoms with Gasteiger partial charge in [0, 0.05) is 6.26 Å². The van der Waals surface area contributed by atoms with Crippen molar-refractivity contribution in [3.8, 4) is 0 Å². The van der Waals surface area contributed by atoms with Gasteiger partial charge in [0.25, 0.3) is 0 Å². The number of hydrogen-bond donors (Lipinski definition) is 0. The second kappa shape index (κ2) is 8.55. The lowest BCUT2D eigenvalue weighted by molar-refractivity contribution is 0.602. The molecule has 0 unspecified atom stereocenters. The minimum Gasteiger partial charge on any atom is -0.224 e. The summed E-state index contributed by atoms with van der Waals surface area (Å²) < 4.78 is 23.8. The molecule has 4 heteroatoms. The van der Waals surface area contributed by atoms with Crippen LogP contribution in [-0.2, 0) is 16.0 Å². The van der Waals surface area contributed by atoms with Crippen molar-refractivity contribution in [2.45, 2.75) is 11.1 Å². The fourth-order valence-electron chi connectivity index (χ4n) is 3.88. The Morgan fingerprint density at radius 3 is 1.27 bits per heavy atom. The molecule has 30 heavy (non-hydrogen) atoms. The highest BCUT2D eigenvalue weighted by atomic mass is 32.2. The molecule has 150 valence electrons. The van der Waals surface area contributed by atoms with Crippen molar-refractivity contribution in [2.75, 3.05) is 6.26 Å². The molecule has 0 spiro atoms. The topological polar surface area (TPSA) is 34.1 Å². The van der Waals surface area contributed by atoms with Gasteiger partial charge in [-0.05, 0) is 54.1 Å². The molecule has 0 aliphatic rings. The zero-order chi connectivity index (χ0) is 21.0. The molecular formula is C26H24O2PS+. The van der Waals surface area contributed by atoms with E-state index in [-0.39, 0.29) is 0 Å². The van der Waals surface area contributed by atoms with E-state index in [0.717, 1.165) is 11.7 Å². The van der Waals surface area contributed by atoms with Gasteiger partial charge in [0.2, 0.25) is 0 Å². The van der Waals surface area contributed by atoms with Crippen LogP contribution in [0, 0.1) is 0 Å². The summed E-state index contributed by atoms with van der Waals surface area (Å²) in [5, 5.41) is 3.94. The third kappa shape index (κ3) is 4.09. The molecule has 0 saturated carbocycles. The molecule has 2 nitrogen and oxygen atoms in total. The third-order valence-corrected chi connectivity index (χ3v) is 10.9. The minimum absolute atomic E-state index is 0.356. The van der Waals surface area contributed by atoms with Crippen molar-refractivity contribution >= 4 is 33.0 Å². The summed E-state index contributed by atoms with van der Waals surface area (Å²) in [4.78, 5) is 0.356. The Morgan fingerprint density at radius 1 is 0.567 bits per heavy atom. The van der Waals surface area contributed by atoms with Gasteiger partial charge in [-0.25, -0.2) is 8.42 Å². The summed E-state index contributed by atoms with van der Waals surface area (Å²) in [6, 6.07) is 39.4. The molecule has 4 aromatic rings. The highest BCUT2D eigenvalue weighted by Gasteiger charge is 2.45. The molecule has 0 atom stereocenters. The summed E-state index contributed by atoms with van der Waals surface area (Å²) in [6.45, 7) is 0. The van der Waals surface area contributed by atoms with Crippen LogP contribution in [0.3, 0.4) is 0 Å². The van der Waals surface area contributed by atoms with Crippen molar-refractivity contribution in [1.82, 2.24) is 0 Å². The van der Waals surface area contributed by atoms with Crippen LogP contribution in [0.15, 0.2) is 120 Å². The van der Waals surface area contributed by atoms with Crippen LogP contribution in [0.25, 0.3) is 0 Å². The van der Waals surface area contributed by atoms with E-state index in [4.69, 9.17) is 0 Å². The molecule has 0 saturated heterocycles. The van der Waals surface area contributed by atoms with Crippen LogP contribution in [0.5, 0.6) is 0 Å². The first kappa shape index (κ1) is 20.5. The number of rotatable bonds is 6. The van der Waals surface area contributed by atoms with Gasteiger partial charge in [-0.3, -0.25) is 0 Å². The zero-order valence-electron chi connectivity index (χ0n) is 16.8. The van der Waals surface area contributed by atoms with Crippen LogP contribution in [-0.4, -0.2) is 14.7 Å². The second-order valence-corrected chi connectivity index (χ2v) is 12.9. The second-order valence-electron chi connectivity index (χ2n) is 7.39. The van der Waals surface area contributed by atoms with Crippen molar-refractivity contribution < 1.29 is 8.42 Å². The lowest BCUT2D eigenvalue weighted by Crippen LogP contribution is -2.32. The van der Waals surface area contributed by atoms with Crippen molar-refractivity contribution in [3.05, 3.63) is 121 Å². The van der Waals surface area contributed by atoms with Crippen molar-refractivity contribution in [3.63, 3.8) is 0 Å². The number of benzene rings is 4. The Balaban J connectivity index is 1.93. The minimum atomic E-state index is -3.21. The van der Waals surface area contributed by atoms with Gasteiger partial charge in [0.1, 0.15) is 23.2 Å². The van der Waals surface area contributed by atoms with Gasteiger partial charge in [0.15, 0.2) is 9.84 Å². The third-order valence-electron chi connectivity index (χ3n) is 5.36. The Bertz CT molecular complexity index is 1110. The van der Waals surface area contributed by atoms with E-state index in [0.29, 0.717) is 4.90 Å². The maximum absolute atomic E-state index is 11.9. The van der Waals surface area contributed by atoms with Gasteiger partial charge < -0.3 is 0 Å². The van der Waals surface area contributed by atoms with Gasteiger partial charge in [0.05, 0.1) is 11.1 Å². The van der Waals surface area contributed by atoms with Gasteiger partial charge in [-0.2, -0.15) is 0 Å². The van der Waals surface area contributed by atoms with Gasteiger partial charge in [-0.15, -0.1) is 0 Å². The molecule has 0 fully saturated rings. The SMILES string of the molecule is CS(=O)(=O)c1ccc(C[P+](c2ccccc2)(c2ccccc2)c2ccccc2)cc1. The fraction of sp³-hybridized carbons (Fsp3) is 0.0769. The quantitative estimate of drug-likeness (QED) is 0.419. The maximum atomic E-state index is 11.9. The summed E-state index contributed by atoms with van der Waals surface area (Å²) >= 11 is 0. The summed E-state index contributed by atoms with van der Waals surface area (Å²) in [6.07, 6.45) is 2.08. The molecule has 4 aromatic carbocycles. The van der Waals surface area contributed by atoms with E-state index in [2.05, 4.69) is 91.0 Å². The van der Waals surface area contributed by atoms with E-state index in [1.54, 1.807) is 12.1 Å². The standard InChI is InChI=1S/C26H24O2PS/c1-30(27,28)26-19-17-22(18-20-26)21-29(23-11-5-2-6-12-23,24-13-7-3-8-14-24)25-15-9-4-10-16-25/h2-20H,21H2,1H3/q+1. The Labute approximate surface area is 179 Å². The molecule has 0 aliphatic carbocycles. The molecule has 0 amide bonds. The lowest BCUT2D eigenvalue weighted by atomic mass is 10.2. The number of sulfone groups is 1. The zero-order valence-corrected chi connectivity index (χ0v) is 18.6. The predicted molar refractivity (Wildman–Crippen MR) is 128 cm³/mol. The largest absolute Gasteiger partial charge is 0.224 e. The van der Waals surface area contributed by atoms with E-state index in [1.165, 1.54) is 22.2 Å². The molecular weight excluding hydrogens is 407 g/mol. The average molecular weight is 432 g/mol. The van der Waals surface area contributed by atoms with E-state index in [1.807, 2.05) is 12.1 Å². The Kier molecular flexibility index (Phi) is 5.85. The highest BCUT2D eigenvalue weighted by Crippen LogP contribution is 2.58. The molecule has 0 bridgehead atoms. The van der Waals surface area contributed by atoms with Crippen LogP contribution in [0.4, 0.5) is 0 Å². The Hall–Kier alpha value is -2.74. The fourth-order valence-corrected chi connectivity index (χ4v) is 8.76. The van der Waals surface area contributed by atoms with Crippen molar-refractivity contribution in [2.24, 2.45) is 0 Å². The molecule has 0 radical (unpaired) electrons. The van der Waals surface area contributed by atoms with Crippen LogP contribution < -0.4 is 15.9 Å². The number of hydrogen-bond acceptors (Lipinski definition) is 2. The summed E-state index contributed by atoms with van der Waals surface area (Å²) in [5.74, 6) is 0. The first-order chi connectivity index (χ1) is 14.5. The summed E-state index contributed by atoms with van der Waals surface area (Å²) in [7, 11) is -5.19. The van der Waals surface area contributed by atoms with Crippen LogP contribution >= 0.6 is 7.26 Å². The molecule has 0 heterocycles. The summed E-state index contributed by atoms with van der Waals surface area (Å²) in [5.41, 5.74) is 1.13. The smallest absolute Gasteiger partial charge is 0.175 e.